The summed E-state index contributed by atoms with van der Waals surface area (Å²) in [5.74, 6) is 0. The Bertz CT molecular complexity index is 1100. The molecule has 0 amide bonds. The molecule has 2 aromatic heterocycles. The van der Waals surface area contributed by atoms with Gasteiger partial charge in [0.2, 0.25) is 10.1 Å². The minimum Gasteiger partial charge on any atom is -0.330 e. The zero-order valence-corrected chi connectivity index (χ0v) is 14.5. The average molecular weight is 387 g/mol. The summed E-state index contributed by atoms with van der Waals surface area (Å²) in [5.41, 5.74) is 2.59. The highest BCUT2D eigenvalue weighted by atomic mass is 79.9. The Morgan fingerprint density at radius 2 is 2.09 bits per heavy atom. The first kappa shape index (κ1) is 14.3. The second-order valence-electron chi connectivity index (χ2n) is 5.17. The number of halogens is 1. The van der Waals surface area contributed by atoms with Crippen molar-refractivity contribution in [1.82, 2.24) is 14.6 Å². The van der Waals surface area contributed by atoms with Crippen molar-refractivity contribution in [3.63, 3.8) is 0 Å². The molecule has 2 heterocycles. The van der Waals surface area contributed by atoms with Crippen LogP contribution in [0.3, 0.4) is 0 Å². The van der Waals surface area contributed by atoms with Crippen LogP contribution in [-0.4, -0.2) is 14.6 Å². The van der Waals surface area contributed by atoms with Gasteiger partial charge in [0.15, 0.2) is 0 Å². The fourth-order valence-electron chi connectivity index (χ4n) is 2.38. The van der Waals surface area contributed by atoms with Gasteiger partial charge in [-0.1, -0.05) is 39.4 Å². The van der Waals surface area contributed by atoms with E-state index in [1.165, 1.54) is 15.9 Å². The number of rotatable bonds is 2. The minimum atomic E-state index is -0.167. The molecule has 0 saturated heterocycles. The Morgan fingerprint density at radius 1 is 1.22 bits per heavy atom. The molecule has 7 heteroatoms. The van der Waals surface area contributed by atoms with E-state index < -0.39 is 0 Å². The van der Waals surface area contributed by atoms with Crippen LogP contribution in [0.1, 0.15) is 5.56 Å². The van der Waals surface area contributed by atoms with Crippen LogP contribution in [0, 0.1) is 6.92 Å². The maximum atomic E-state index is 12.6. The Balaban J connectivity index is 1.86. The van der Waals surface area contributed by atoms with Gasteiger partial charge in [-0.05, 0) is 42.8 Å². The number of aromatic nitrogens is 3. The maximum absolute atomic E-state index is 12.6. The number of anilines is 2. The molecule has 0 unspecified atom stereocenters. The molecule has 114 valence electrons. The molecule has 0 atom stereocenters. The van der Waals surface area contributed by atoms with Gasteiger partial charge in [0.05, 0.1) is 10.9 Å². The molecule has 1 N–H and O–H groups in total. The molecule has 5 nitrogen and oxygen atoms in total. The molecular formula is C16H11BrN4OS. The van der Waals surface area contributed by atoms with Gasteiger partial charge in [-0.25, -0.2) is 4.98 Å². The van der Waals surface area contributed by atoms with Crippen LogP contribution in [0.2, 0.25) is 0 Å². The van der Waals surface area contributed by atoms with E-state index in [-0.39, 0.29) is 5.56 Å². The lowest BCUT2D eigenvalue weighted by molar-refractivity contribution is 0.919. The smallest absolute Gasteiger partial charge is 0.283 e. The van der Waals surface area contributed by atoms with Crippen molar-refractivity contribution in [3.8, 4) is 0 Å². The van der Waals surface area contributed by atoms with Crippen molar-refractivity contribution in [2.24, 2.45) is 0 Å². The maximum Gasteiger partial charge on any atom is 0.283 e. The van der Waals surface area contributed by atoms with Crippen LogP contribution in [-0.2, 0) is 0 Å². The highest BCUT2D eigenvalue weighted by molar-refractivity contribution is 9.10. The monoisotopic (exact) mass is 386 g/mol. The first-order valence-electron chi connectivity index (χ1n) is 6.93. The van der Waals surface area contributed by atoms with E-state index in [0.29, 0.717) is 21.0 Å². The molecule has 0 fully saturated rings. The van der Waals surface area contributed by atoms with Crippen molar-refractivity contribution in [3.05, 3.63) is 62.9 Å². The number of aryl methyl sites for hydroxylation is 1. The largest absolute Gasteiger partial charge is 0.330 e. The highest BCUT2D eigenvalue weighted by Gasteiger charge is 2.11. The molecule has 0 saturated carbocycles. The first-order chi connectivity index (χ1) is 11.1. The van der Waals surface area contributed by atoms with E-state index in [0.717, 1.165) is 15.7 Å². The third kappa shape index (κ3) is 2.62. The van der Waals surface area contributed by atoms with Crippen LogP contribution >= 0.6 is 27.3 Å². The van der Waals surface area contributed by atoms with Gasteiger partial charge in [-0.3, -0.25) is 4.79 Å². The summed E-state index contributed by atoms with van der Waals surface area (Å²) in [6.07, 6.45) is 0. The van der Waals surface area contributed by atoms with Crippen molar-refractivity contribution < 1.29 is 0 Å². The van der Waals surface area contributed by atoms with Crippen molar-refractivity contribution in [1.29, 1.82) is 0 Å². The van der Waals surface area contributed by atoms with E-state index in [2.05, 4.69) is 31.3 Å². The zero-order valence-electron chi connectivity index (χ0n) is 12.1. The Kier molecular flexibility index (Phi) is 3.39. The molecule has 2 aromatic carbocycles. The third-order valence-electron chi connectivity index (χ3n) is 3.43. The van der Waals surface area contributed by atoms with E-state index in [1.807, 2.05) is 43.3 Å². The topological polar surface area (TPSA) is 59.3 Å². The predicted octanol–water partition coefficient (Wildman–Crippen LogP) is 4.12. The minimum absolute atomic E-state index is 0.167. The Morgan fingerprint density at radius 3 is 2.91 bits per heavy atom. The van der Waals surface area contributed by atoms with E-state index in [9.17, 15) is 4.79 Å². The van der Waals surface area contributed by atoms with Gasteiger partial charge >= 0.3 is 0 Å². The Hall–Kier alpha value is -2.25. The molecule has 0 aliphatic carbocycles. The second kappa shape index (κ2) is 5.43. The molecule has 0 spiro atoms. The molecule has 4 rings (SSSR count). The quantitative estimate of drug-likeness (QED) is 0.562. The molecule has 23 heavy (non-hydrogen) atoms. The third-order valence-corrected chi connectivity index (χ3v) is 4.74. The normalized spacial score (nSPS) is 11.2. The lowest BCUT2D eigenvalue weighted by Gasteiger charge is -2.01. The predicted molar refractivity (Wildman–Crippen MR) is 96.8 cm³/mol. The number of fused-ring (bicyclic) bond motifs is 2. The van der Waals surface area contributed by atoms with Gasteiger partial charge < -0.3 is 5.32 Å². The van der Waals surface area contributed by atoms with Crippen LogP contribution in [0.15, 0.2) is 51.7 Å². The van der Waals surface area contributed by atoms with E-state index in [4.69, 9.17) is 0 Å². The van der Waals surface area contributed by atoms with E-state index >= 15 is 0 Å². The molecule has 0 radical (unpaired) electrons. The van der Waals surface area contributed by atoms with Crippen molar-refractivity contribution in [2.45, 2.75) is 6.92 Å². The van der Waals surface area contributed by atoms with Gasteiger partial charge in [0.25, 0.3) is 5.56 Å². The van der Waals surface area contributed by atoms with Gasteiger partial charge in [0, 0.05) is 10.2 Å². The fraction of sp³-hybridized carbons (Fsp3) is 0.0625. The van der Waals surface area contributed by atoms with Crippen molar-refractivity contribution in [2.75, 3.05) is 5.32 Å². The lowest BCUT2D eigenvalue weighted by Crippen LogP contribution is -2.15. The summed E-state index contributed by atoms with van der Waals surface area (Å²) in [5, 5.41) is 8.76. The molecular weight excluding hydrogens is 376 g/mol. The van der Waals surface area contributed by atoms with Gasteiger partial charge in [-0.15, -0.1) is 5.10 Å². The van der Waals surface area contributed by atoms with Crippen LogP contribution in [0.25, 0.3) is 15.9 Å². The van der Waals surface area contributed by atoms with Crippen LogP contribution < -0.4 is 10.9 Å². The summed E-state index contributed by atoms with van der Waals surface area (Å²) in [6.45, 7) is 2.03. The van der Waals surface area contributed by atoms with Crippen LogP contribution in [0.5, 0.6) is 0 Å². The lowest BCUT2D eigenvalue weighted by atomic mass is 10.2. The van der Waals surface area contributed by atoms with Crippen molar-refractivity contribution >= 4 is 53.9 Å². The summed E-state index contributed by atoms with van der Waals surface area (Å²) in [4.78, 5) is 17.7. The molecule has 0 bridgehead atoms. The van der Waals surface area contributed by atoms with E-state index in [1.54, 1.807) is 6.07 Å². The Labute approximate surface area is 143 Å². The summed E-state index contributed by atoms with van der Waals surface area (Å²) in [6, 6.07) is 13.5. The van der Waals surface area contributed by atoms with Crippen LogP contribution in [0.4, 0.5) is 10.8 Å². The number of hydrogen-bond acceptors (Lipinski definition) is 5. The highest BCUT2D eigenvalue weighted by Crippen LogP contribution is 2.24. The number of nitrogens with zero attached hydrogens (tertiary/aromatic N) is 3. The summed E-state index contributed by atoms with van der Waals surface area (Å²) < 4.78 is 2.19. The number of nitrogens with one attached hydrogen (secondary N) is 1. The number of hydrogen-bond donors (Lipinski definition) is 1. The standard InChI is InChI=1S/C16H11BrN4OS/c1-9-3-2-4-11(7-9)18-15-20-21-14(22)12-8-10(17)5-6-13(12)19-16(21)23-15/h2-8H,1H3,(H,18,20). The fourth-order valence-corrected chi connectivity index (χ4v) is 3.56. The average Bonchev–Trinajstić information content (AvgIpc) is 2.91. The second-order valence-corrected chi connectivity index (χ2v) is 7.05. The summed E-state index contributed by atoms with van der Waals surface area (Å²) >= 11 is 4.73. The zero-order chi connectivity index (χ0) is 16.0. The molecule has 0 aliphatic heterocycles. The summed E-state index contributed by atoms with van der Waals surface area (Å²) in [7, 11) is 0. The molecule has 4 aromatic rings. The van der Waals surface area contributed by atoms with Gasteiger partial charge in [-0.2, -0.15) is 4.52 Å². The SMILES string of the molecule is Cc1cccc(Nc2nn3c(=O)c4cc(Br)ccc4nc3s2)c1. The molecule has 0 aliphatic rings. The first-order valence-corrected chi connectivity index (χ1v) is 8.54. The number of benzene rings is 2. The van der Waals surface area contributed by atoms with Gasteiger partial charge in [0.1, 0.15) is 0 Å².